The van der Waals surface area contributed by atoms with Gasteiger partial charge in [0.25, 0.3) is 5.91 Å². The van der Waals surface area contributed by atoms with Crippen molar-refractivity contribution in [1.82, 2.24) is 4.57 Å². The van der Waals surface area contributed by atoms with Gasteiger partial charge in [0.05, 0.1) is 17.2 Å². The second-order valence-electron chi connectivity index (χ2n) is 7.97. The molecule has 0 saturated carbocycles. The number of hydrogen-bond acceptors (Lipinski definition) is 3. The number of carbonyl (C=O) groups excluding carboxylic acids is 2. The van der Waals surface area contributed by atoms with Crippen LogP contribution in [0, 0.1) is 11.3 Å². The predicted octanol–water partition coefficient (Wildman–Crippen LogP) is 6.41. The number of amides is 1. The molecule has 1 amide bonds. The number of rotatable bonds is 6. The largest absolute Gasteiger partial charge is 0.418 e. The minimum atomic E-state index is -4.68. The van der Waals surface area contributed by atoms with Gasteiger partial charge in [0.15, 0.2) is 5.78 Å². The van der Waals surface area contributed by atoms with Gasteiger partial charge in [-0.1, -0.05) is 55.5 Å². The minimum Gasteiger partial charge on any atom is -0.321 e. The Bertz CT molecular complexity index is 1480. The maximum Gasteiger partial charge on any atom is 0.418 e. The Morgan fingerprint density at radius 2 is 1.61 bits per heavy atom. The lowest BCUT2D eigenvalue weighted by molar-refractivity contribution is -0.138. The first-order chi connectivity index (χ1) is 17.2. The molecule has 0 aliphatic heterocycles. The van der Waals surface area contributed by atoms with Gasteiger partial charge in [0.2, 0.25) is 0 Å². The summed E-state index contributed by atoms with van der Waals surface area (Å²) in [5, 5.41) is 11.9. The Morgan fingerprint density at radius 3 is 2.28 bits per heavy atom. The number of carbonyl (C=O) groups is 2. The number of nitrogens with one attached hydrogen (secondary N) is 1. The van der Waals surface area contributed by atoms with Crippen LogP contribution >= 0.6 is 0 Å². The fourth-order valence-corrected chi connectivity index (χ4v) is 4.01. The number of halogens is 3. The van der Waals surface area contributed by atoms with Gasteiger partial charge in [-0.25, -0.2) is 0 Å². The van der Waals surface area contributed by atoms with Gasteiger partial charge >= 0.3 is 6.18 Å². The molecule has 3 aromatic carbocycles. The van der Waals surface area contributed by atoms with Crippen molar-refractivity contribution >= 4 is 17.4 Å². The van der Waals surface area contributed by atoms with Crippen LogP contribution in [-0.2, 0) is 12.6 Å². The first-order valence-electron chi connectivity index (χ1n) is 11.1. The van der Waals surface area contributed by atoms with Gasteiger partial charge in [-0.2, -0.15) is 18.4 Å². The summed E-state index contributed by atoms with van der Waals surface area (Å²) in [6.45, 7) is 1.57. The van der Waals surface area contributed by atoms with Crippen LogP contribution in [0.2, 0.25) is 0 Å². The third-order valence-corrected chi connectivity index (χ3v) is 5.63. The van der Waals surface area contributed by atoms with Crippen molar-refractivity contribution in [2.24, 2.45) is 0 Å². The average Bonchev–Trinajstić information content (AvgIpc) is 3.30. The van der Waals surface area contributed by atoms with Crippen LogP contribution in [-0.4, -0.2) is 16.3 Å². The van der Waals surface area contributed by atoms with Crippen molar-refractivity contribution < 1.29 is 22.8 Å². The number of aromatic nitrogens is 1. The summed E-state index contributed by atoms with van der Waals surface area (Å²) in [6, 6.07) is 23.6. The highest BCUT2D eigenvalue weighted by Gasteiger charge is 2.37. The van der Waals surface area contributed by atoms with Gasteiger partial charge in [-0.05, 0) is 42.8 Å². The molecule has 4 aromatic rings. The smallest absolute Gasteiger partial charge is 0.321 e. The molecule has 1 heterocycles. The van der Waals surface area contributed by atoms with E-state index in [0.29, 0.717) is 11.1 Å². The second kappa shape index (κ2) is 9.92. The van der Waals surface area contributed by atoms with E-state index in [2.05, 4.69) is 5.32 Å². The lowest BCUT2D eigenvalue weighted by Crippen LogP contribution is -2.18. The second-order valence-corrected chi connectivity index (χ2v) is 7.97. The summed E-state index contributed by atoms with van der Waals surface area (Å²) in [6.07, 6.45) is -4.68. The molecule has 1 N–H and O–H groups in total. The quantitative estimate of drug-likeness (QED) is 0.319. The molecule has 0 spiro atoms. The monoisotopic (exact) mass is 487 g/mol. The third kappa shape index (κ3) is 4.91. The Balaban J connectivity index is 1.75. The highest BCUT2D eigenvalue weighted by atomic mass is 19.4. The zero-order valence-electron chi connectivity index (χ0n) is 19.1. The summed E-state index contributed by atoms with van der Waals surface area (Å²) >= 11 is 0. The molecule has 0 bridgehead atoms. The lowest BCUT2D eigenvalue weighted by Gasteiger charge is -2.15. The summed E-state index contributed by atoms with van der Waals surface area (Å²) in [7, 11) is 0. The van der Waals surface area contributed by atoms with Gasteiger partial charge in [-0.3, -0.25) is 9.59 Å². The molecule has 0 saturated heterocycles. The number of nitriles is 1. The summed E-state index contributed by atoms with van der Waals surface area (Å²) in [5.41, 5.74) is 0.285. The van der Waals surface area contributed by atoms with E-state index in [4.69, 9.17) is 0 Å². The highest BCUT2D eigenvalue weighted by molar-refractivity contribution is 6.10. The van der Waals surface area contributed by atoms with Gasteiger partial charge < -0.3 is 9.88 Å². The molecule has 180 valence electrons. The van der Waals surface area contributed by atoms with E-state index in [9.17, 15) is 28.0 Å². The number of alkyl halides is 3. The van der Waals surface area contributed by atoms with Crippen molar-refractivity contribution in [3.63, 3.8) is 0 Å². The highest BCUT2D eigenvalue weighted by Crippen LogP contribution is 2.36. The molecule has 8 heteroatoms. The van der Waals surface area contributed by atoms with E-state index in [1.807, 2.05) is 6.07 Å². The maximum atomic E-state index is 13.8. The molecule has 36 heavy (non-hydrogen) atoms. The van der Waals surface area contributed by atoms with Gasteiger partial charge in [0, 0.05) is 28.2 Å². The van der Waals surface area contributed by atoms with Crippen molar-refractivity contribution in [3.8, 4) is 11.8 Å². The minimum absolute atomic E-state index is 0.0000326. The Hall–Kier alpha value is -4.64. The van der Waals surface area contributed by atoms with Crippen LogP contribution in [0.3, 0.4) is 0 Å². The first kappa shape index (κ1) is 24.5. The van der Waals surface area contributed by atoms with E-state index in [1.54, 1.807) is 61.5 Å². The molecule has 0 atom stereocenters. The van der Waals surface area contributed by atoms with Crippen LogP contribution in [0.5, 0.6) is 0 Å². The number of nitrogens with zero attached hydrogens (tertiary/aromatic N) is 2. The molecule has 0 aliphatic rings. The van der Waals surface area contributed by atoms with Crippen molar-refractivity contribution in [2.45, 2.75) is 19.5 Å². The standard InChI is InChI=1S/C28H20F3N3O2/c1-2-24-23(28(29,30)31)16-25(34(24)22-13-6-8-18(14-22)17-32)27(36)33-21-12-7-11-20(15-21)26(35)19-9-4-3-5-10-19/h3-16H,2H2,1H3,(H,33,36). The molecular formula is C28H20F3N3O2. The van der Waals surface area contributed by atoms with Gasteiger partial charge in [0.1, 0.15) is 5.69 Å². The van der Waals surface area contributed by atoms with E-state index in [-0.39, 0.29) is 40.5 Å². The molecule has 0 unspecified atom stereocenters. The molecule has 4 rings (SSSR count). The lowest BCUT2D eigenvalue weighted by atomic mass is 10.0. The maximum absolute atomic E-state index is 13.8. The molecule has 0 aliphatic carbocycles. The van der Waals surface area contributed by atoms with E-state index >= 15 is 0 Å². The summed E-state index contributed by atoms with van der Waals surface area (Å²) in [5.74, 6) is -1.04. The van der Waals surface area contributed by atoms with Crippen molar-refractivity contribution in [2.75, 3.05) is 5.32 Å². The fraction of sp³-hybridized carbons (Fsp3) is 0.107. The SMILES string of the molecule is CCc1c(C(F)(F)F)cc(C(=O)Nc2cccc(C(=O)c3ccccc3)c2)n1-c1cccc(C#N)c1. The summed E-state index contributed by atoms with van der Waals surface area (Å²) < 4.78 is 42.8. The molecule has 0 fully saturated rings. The zero-order valence-corrected chi connectivity index (χ0v) is 19.1. The first-order valence-corrected chi connectivity index (χ1v) is 11.1. The van der Waals surface area contributed by atoms with E-state index in [0.717, 1.165) is 6.07 Å². The van der Waals surface area contributed by atoms with E-state index < -0.39 is 17.6 Å². The average molecular weight is 487 g/mol. The van der Waals surface area contributed by atoms with Crippen LogP contribution in [0.1, 0.15) is 50.2 Å². The number of hydrogen-bond donors (Lipinski definition) is 1. The van der Waals surface area contributed by atoms with E-state index in [1.165, 1.54) is 28.8 Å². The third-order valence-electron chi connectivity index (χ3n) is 5.63. The number of ketones is 1. The fourth-order valence-electron chi connectivity index (χ4n) is 4.01. The predicted molar refractivity (Wildman–Crippen MR) is 129 cm³/mol. The number of anilines is 1. The van der Waals surface area contributed by atoms with Crippen molar-refractivity contribution in [3.05, 3.63) is 119 Å². The summed E-state index contributed by atoms with van der Waals surface area (Å²) in [4.78, 5) is 26.1. The van der Waals surface area contributed by atoms with Gasteiger partial charge in [-0.15, -0.1) is 0 Å². The number of benzene rings is 3. The molecular weight excluding hydrogens is 467 g/mol. The molecule has 1 aromatic heterocycles. The Morgan fingerprint density at radius 1 is 0.917 bits per heavy atom. The normalized spacial score (nSPS) is 11.1. The Kier molecular flexibility index (Phi) is 6.75. The molecule has 0 radical (unpaired) electrons. The topological polar surface area (TPSA) is 74.9 Å². The molecule has 5 nitrogen and oxygen atoms in total. The van der Waals surface area contributed by atoms with Crippen molar-refractivity contribution in [1.29, 1.82) is 5.26 Å². The van der Waals surface area contributed by atoms with Crippen LogP contribution in [0.4, 0.5) is 18.9 Å². The van der Waals surface area contributed by atoms with Crippen LogP contribution in [0.15, 0.2) is 84.9 Å². The Labute approximate surface area is 205 Å². The van der Waals surface area contributed by atoms with Crippen LogP contribution < -0.4 is 5.32 Å². The zero-order chi connectivity index (χ0) is 25.9. The van der Waals surface area contributed by atoms with Crippen LogP contribution in [0.25, 0.3) is 5.69 Å².